The van der Waals surface area contributed by atoms with Crippen molar-refractivity contribution in [2.45, 2.75) is 18.6 Å². The van der Waals surface area contributed by atoms with Gasteiger partial charge in [0.25, 0.3) is 0 Å². The van der Waals surface area contributed by atoms with Crippen LogP contribution in [-0.2, 0) is 6.18 Å². The van der Waals surface area contributed by atoms with Crippen molar-refractivity contribution in [1.29, 1.82) is 0 Å². The third kappa shape index (κ3) is 6.06. The Balaban J connectivity index is 1.65. The maximum Gasteiger partial charge on any atom is 0.416 e. The van der Waals surface area contributed by atoms with Gasteiger partial charge < -0.3 is 19.7 Å². The molecule has 1 heterocycles. The molecule has 0 aromatic heterocycles. The topological polar surface area (TPSA) is 74.5 Å². The second-order valence-corrected chi connectivity index (χ2v) is 8.31. The number of rotatable bonds is 7. The zero-order valence-electron chi connectivity index (χ0n) is 20.1. The zero-order valence-corrected chi connectivity index (χ0v) is 20.1. The molecule has 0 bridgehead atoms. The summed E-state index contributed by atoms with van der Waals surface area (Å²) < 4.78 is 50.4. The van der Waals surface area contributed by atoms with Crippen molar-refractivity contribution in [3.05, 3.63) is 89.5 Å². The largest absolute Gasteiger partial charge is 0.504 e. The van der Waals surface area contributed by atoms with Gasteiger partial charge in [0.2, 0.25) is 0 Å². The Labute approximate surface area is 212 Å². The highest BCUT2D eigenvalue weighted by Crippen LogP contribution is 2.35. The second kappa shape index (κ2) is 10.7. The fourth-order valence-corrected chi connectivity index (χ4v) is 3.89. The van der Waals surface area contributed by atoms with Gasteiger partial charge in [-0.25, -0.2) is 0 Å². The van der Waals surface area contributed by atoms with Gasteiger partial charge in [-0.1, -0.05) is 36.4 Å². The summed E-state index contributed by atoms with van der Waals surface area (Å²) in [6, 6.07) is 14.4. The van der Waals surface area contributed by atoms with E-state index in [0.717, 1.165) is 23.3 Å². The molecule has 2 N–H and O–H groups in total. The Morgan fingerprint density at radius 1 is 0.865 bits per heavy atom. The Morgan fingerprint density at radius 2 is 1.49 bits per heavy atom. The molecule has 9 heteroatoms. The SMILES string of the molecule is COc1cc(/C=C/C2=NN(c3cccc(C(F)(F)F)c3)[C@H](/C=C/c3ccc(O)c(OC)c3)C2)ccc1O. The highest BCUT2D eigenvalue weighted by Gasteiger charge is 2.32. The zero-order chi connectivity index (χ0) is 26.6. The molecule has 192 valence electrons. The highest BCUT2D eigenvalue weighted by molar-refractivity contribution is 6.01. The van der Waals surface area contributed by atoms with Gasteiger partial charge in [-0.3, -0.25) is 5.01 Å². The predicted octanol–water partition coefficient (Wildman–Crippen LogP) is 6.50. The minimum Gasteiger partial charge on any atom is -0.504 e. The van der Waals surface area contributed by atoms with Crippen LogP contribution in [-0.4, -0.2) is 36.2 Å². The molecule has 0 aliphatic carbocycles. The molecule has 37 heavy (non-hydrogen) atoms. The van der Waals surface area contributed by atoms with Crippen molar-refractivity contribution in [2.24, 2.45) is 5.10 Å². The maximum absolute atomic E-state index is 13.4. The molecule has 4 rings (SSSR count). The Bertz CT molecular complexity index is 1370. The van der Waals surface area contributed by atoms with Gasteiger partial charge in [-0.2, -0.15) is 18.3 Å². The Hall–Kier alpha value is -4.40. The number of hydrogen-bond acceptors (Lipinski definition) is 6. The molecule has 3 aromatic carbocycles. The van der Waals surface area contributed by atoms with E-state index in [-0.39, 0.29) is 17.5 Å². The predicted molar refractivity (Wildman–Crippen MR) is 137 cm³/mol. The summed E-state index contributed by atoms with van der Waals surface area (Å²) in [6.45, 7) is 0. The number of phenolic OH excluding ortho intramolecular Hbond substituents is 2. The number of halogens is 3. The van der Waals surface area contributed by atoms with E-state index in [9.17, 15) is 23.4 Å². The molecule has 1 aliphatic rings. The van der Waals surface area contributed by atoms with Crippen LogP contribution >= 0.6 is 0 Å². The third-order valence-electron chi connectivity index (χ3n) is 5.79. The molecular formula is C28H25F3N2O4. The number of alkyl halides is 3. The lowest BCUT2D eigenvalue weighted by atomic mass is 10.1. The van der Waals surface area contributed by atoms with Crippen molar-refractivity contribution in [3.63, 3.8) is 0 Å². The number of allylic oxidation sites excluding steroid dienone is 1. The molecule has 0 radical (unpaired) electrons. The number of nitrogens with zero attached hydrogens (tertiary/aromatic N) is 2. The summed E-state index contributed by atoms with van der Waals surface area (Å²) in [5.74, 6) is 0.663. The minimum atomic E-state index is -4.48. The molecule has 1 atom stereocenters. The number of hydrazone groups is 1. The van der Waals surface area contributed by atoms with Gasteiger partial charge in [-0.15, -0.1) is 0 Å². The van der Waals surface area contributed by atoms with Crippen LogP contribution in [0.15, 0.2) is 77.9 Å². The first-order valence-electron chi connectivity index (χ1n) is 11.3. The molecule has 0 saturated carbocycles. The summed E-state index contributed by atoms with van der Waals surface area (Å²) in [5.41, 5.74) is 1.72. The molecule has 0 saturated heterocycles. The minimum absolute atomic E-state index is 0.00715. The van der Waals surface area contributed by atoms with Crippen molar-refractivity contribution in [1.82, 2.24) is 0 Å². The quantitative estimate of drug-likeness (QED) is 0.380. The highest BCUT2D eigenvalue weighted by atomic mass is 19.4. The average molecular weight is 511 g/mol. The lowest BCUT2D eigenvalue weighted by molar-refractivity contribution is -0.137. The van der Waals surface area contributed by atoms with Crippen molar-refractivity contribution in [2.75, 3.05) is 19.2 Å². The van der Waals surface area contributed by atoms with Crippen LogP contribution < -0.4 is 14.5 Å². The van der Waals surface area contributed by atoms with Gasteiger partial charge in [0.05, 0.1) is 37.2 Å². The van der Waals surface area contributed by atoms with Crippen LogP contribution in [0.1, 0.15) is 23.1 Å². The van der Waals surface area contributed by atoms with E-state index >= 15 is 0 Å². The second-order valence-electron chi connectivity index (χ2n) is 8.31. The van der Waals surface area contributed by atoms with Crippen LogP contribution in [0.3, 0.4) is 0 Å². The summed E-state index contributed by atoms with van der Waals surface area (Å²) in [5, 5.41) is 25.8. The van der Waals surface area contributed by atoms with Gasteiger partial charge >= 0.3 is 6.18 Å². The molecule has 6 nitrogen and oxygen atoms in total. The number of anilines is 1. The Morgan fingerprint density at radius 3 is 2.08 bits per heavy atom. The molecule has 1 aliphatic heterocycles. The fourth-order valence-electron chi connectivity index (χ4n) is 3.89. The number of phenols is 2. The molecule has 3 aromatic rings. The van der Waals surface area contributed by atoms with Crippen LogP contribution in [0.4, 0.5) is 18.9 Å². The summed E-state index contributed by atoms with van der Waals surface area (Å²) in [7, 11) is 2.90. The number of aromatic hydroxyl groups is 2. The monoisotopic (exact) mass is 510 g/mol. The Kier molecular flexibility index (Phi) is 7.42. The van der Waals surface area contributed by atoms with E-state index in [1.54, 1.807) is 53.6 Å². The first-order valence-corrected chi connectivity index (χ1v) is 11.3. The molecule has 0 amide bonds. The van der Waals surface area contributed by atoms with E-state index in [0.29, 0.717) is 29.3 Å². The number of benzene rings is 3. The van der Waals surface area contributed by atoms with E-state index in [1.165, 1.54) is 32.4 Å². The van der Waals surface area contributed by atoms with E-state index in [1.807, 2.05) is 6.08 Å². The average Bonchev–Trinajstić information content (AvgIpc) is 3.30. The molecule has 0 spiro atoms. The van der Waals surface area contributed by atoms with Gasteiger partial charge in [0.1, 0.15) is 0 Å². The van der Waals surface area contributed by atoms with Crippen LogP contribution in [0.2, 0.25) is 0 Å². The lowest BCUT2D eigenvalue weighted by Crippen LogP contribution is -2.24. The standard InChI is InChI=1S/C28H25F3N2O4/c1-36-26-14-18(8-12-24(26)34)6-10-21-17-23(11-7-19-9-13-25(35)27(15-19)37-2)33(32-21)22-5-3-4-20(16-22)28(29,30)31/h3-16,23,34-35H,17H2,1-2H3/b10-6+,11-7+/t23-/m1/s1. The lowest BCUT2D eigenvalue weighted by Gasteiger charge is -2.22. The summed E-state index contributed by atoms with van der Waals surface area (Å²) in [6.07, 6.45) is 3.19. The van der Waals surface area contributed by atoms with E-state index in [2.05, 4.69) is 5.10 Å². The van der Waals surface area contributed by atoms with Crippen LogP contribution in [0, 0.1) is 0 Å². The number of hydrogen-bond donors (Lipinski definition) is 2. The van der Waals surface area contributed by atoms with Gasteiger partial charge in [0.15, 0.2) is 23.0 Å². The number of methoxy groups -OCH3 is 2. The van der Waals surface area contributed by atoms with Crippen molar-refractivity contribution < 1.29 is 32.9 Å². The third-order valence-corrected chi connectivity index (χ3v) is 5.79. The fraction of sp³-hybridized carbons (Fsp3) is 0.179. The smallest absolute Gasteiger partial charge is 0.416 e. The van der Waals surface area contributed by atoms with Crippen LogP contribution in [0.5, 0.6) is 23.0 Å². The van der Waals surface area contributed by atoms with Crippen molar-refractivity contribution in [3.8, 4) is 23.0 Å². The van der Waals surface area contributed by atoms with E-state index in [4.69, 9.17) is 9.47 Å². The normalized spacial score (nSPS) is 16.0. The maximum atomic E-state index is 13.4. The van der Waals surface area contributed by atoms with Gasteiger partial charge in [-0.05, 0) is 59.7 Å². The summed E-state index contributed by atoms with van der Waals surface area (Å²) >= 11 is 0. The van der Waals surface area contributed by atoms with Crippen molar-refractivity contribution >= 4 is 23.6 Å². The molecular weight excluding hydrogens is 485 g/mol. The number of ether oxygens (including phenoxy) is 2. The van der Waals surface area contributed by atoms with E-state index < -0.39 is 11.7 Å². The summed E-state index contributed by atoms with van der Waals surface area (Å²) in [4.78, 5) is 0. The first-order chi connectivity index (χ1) is 17.7. The molecule has 0 fully saturated rings. The van der Waals surface area contributed by atoms with Crippen LogP contribution in [0.25, 0.3) is 12.2 Å². The molecule has 0 unspecified atom stereocenters. The first kappa shape index (κ1) is 25.7. The van der Waals surface area contributed by atoms with Gasteiger partial charge in [0, 0.05) is 6.42 Å².